The van der Waals surface area contributed by atoms with Crippen LogP contribution in [0.15, 0.2) is 41.6 Å². The Morgan fingerprint density at radius 3 is 2.70 bits per heavy atom. The van der Waals surface area contributed by atoms with Crippen molar-refractivity contribution in [2.75, 3.05) is 6.54 Å². The summed E-state index contributed by atoms with van der Waals surface area (Å²) in [7, 11) is 0. The average Bonchev–Trinajstić information content (AvgIpc) is 3.02. The summed E-state index contributed by atoms with van der Waals surface area (Å²) < 4.78 is 3.18. The van der Waals surface area contributed by atoms with Gasteiger partial charge in [-0.1, -0.05) is 37.6 Å². The van der Waals surface area contributed by atoms with Gasteiger partial charge in [-0.3, -0.25) is 14.2 Å². The van der Waals surface area contributed by atoms with Gasteiger partial charge in [0.15, 0.2) is 5.65 Å². The maximum atomic E-state index is 12.7. The Kier molecular flexibility index (Phi) is 5.91. The van der Waals surface area contributed by atoms with Crippen LogP contribution in [0.5, 0.6) is 0 Å². The molecule has 0 saturated carbocycles. The smallest absolute Gasteiger partial charge is 0.264 e. The molecule has 1 aromatic carbocycles. The monoisotopic (exact) mass is 387 g/mol. The highest BCUT2D eigenvalue weighted by Gasteiger charge is 2.11. The zero-order valence-corrected chi connectivity index (χ0v) is 16.1. The summed E-state index contributed by atoms with van der Waals surface area (Å²) in [6, 6.07) is 7.34. The Hall–Kier alpha value is -2.67. The van der Waals surface area contributed by atoms with Crippen molar-refractivity contribution in [3.63, 3.8) is 0 Å². The van der Waals surface area contributed by atoms with Gasteiger partial charge in [0.2, 0.25) is 5.91 Å². The molecular formula is C19H22ClN5O2. The van der Waals surface area contributed by atoms with E-state index in [1.807, 2.05) is 26.0 Å². The molecule has 1 N–H and O–H groups in total. The molecule has 0 saturated heterocycles. The van der Waals surface area contributed by atoms with Crippen LogP contribution >= 0.6 is 11.6 Å². The Bertz CT molecular complexity index is 991. The number of amides is 1. The van der Waals surface area contributed by atoms with Gasteiger partial charge in [0, 0.05) is 18.0 Å². The summed E-state index contributed by atoms with van der Waals surface area (Å²) in [5.74, 6) is 0.330. The Labute approximate surface area is 162 Å². The fourth-order valence-electron chi connectivity index (χ4n) is 2.80. The highest BCUT2D eigenvalue weighted by Crippen LogP contribution is 2.11. The minimum Gasteiger partial charge on any atom is -0.354 e. The number of hydrogen-bond donors (Lipinski definition) is 1. The molecule has 0 radical (unpaired) electrons. The minimum absolute atomic E-state index is 0.0136. The third kappa shape index (κ3) is 4.74. The number of benzene rings is 1. The summed E-state index contributed by atoms with van der Waals surface area (Å²) in [4.78, 5) is 28.8. The van der Waals surface area contributed by atoms with Crippen LogP contribution in [0.25, 0.3) is 11.0 Å². The molecule has 142 valence electrons. The van der Waals surface area contributed by atoms with E-state index in [-0.39, 0.29) is 11.5 Å². The Balaban J connectivity index is 1.71. The SMILES string of the molecule is CC(C)CC(=O)NCCn1ncc2c(=O)n(Cc3ccc(Cl)cc3)cnc21. The molecule has 27 heavy (non-hydrogen) atoms. The van der Waals surface area contributed by atoms with Crippen LogP contribution in [-0.4, -0.2) is 31.8 Å². The molecule has 2 aromatic heterocycles. The Morgan fingerprint density at radius 1 is 1.26 bits per heavy atom. The fraction of sp³-hybridized carbons (Fsp3) is 0.368. The molecule has 3 rings (SSSR count). The van der Waals surface area contributed by atoms with E-state index in [0.717, 1.165) is 5.56 Å². The number of hydrogen-bond acceptors (Lipinski definition) is 4. The van der Waals surface area contributed by atoms with Crippen LogP contribution in [0, 0.1) is 5.92 Å². The van der Waals surface area contributed by atoms with E-state index in [9.17, 15) is 9.59 Å². The molecule has 0 unspecified atom stereocenters. The van der Waals surface area contributed by atoms with E-state index in [1.165, 1.54) is 12.5 Å². The largest absolute Gasteiger partial charge is 0.354 e. The lowest BCUT2D eigenvalue weighted by Crippen LogP contribution is -2.28. The maximum absolute atomic E-state index is 12.7. The maximum Gasteiger partial charge on any atom is 0.264 e. The van der Waals surface area contributed by atoms with Gasteiger partial charge in [-0.25, -0.2) is 9.67 Å². The topological polar surface area (TPSA) is 81.8 Å². The van der Waals surface area contributed by atoms with Crippen LogP contribution in [0.2, 0.25) is 5.02 Å². The normalized spacial score (nSPS) is 11.3. The van der Waals surface area contributed by atoms with Crippen molar-refractivity contribution in [1.29, 1.82) is 0 Å². The second-order valence-corrected chi connectivity index (χ2v) is 7.29. The molecular weight excluding hydrogens is 366 g/mol. The first kappa shape index (κ1) is 19.1. The number of rotatable bonds is 7. The average molecular weight is 388 g/mol. The van der Waals surface area contributed by atoms with Gasteiger partial charge in [-0.05, 0) is 23.6 Å². The molecule has 7 nitrogen and oxygen atoms in total. The van der Waals surface area contributed by atoms with Gasteiger partial charge >= 0.3 is 0 Å². The third-order valence-corrected chi connectivity index (χ3v) is 4.38. The minimum atomic E-state index is -0.148. The summed E-state index contributed by atoms with van der Waals surface area (Å²) in [6.07, 6.45) is 3.54. The summed E-state index contributed by atoms with van der Waals surface area (Å²) in [5, 5.41) is 8.22. The highest BCUT2D eigenvalue weighted by atomic mass is 35.5. The van der Waals surface area contributed by atoms with Crippen molar-refractivity contribution in [2.24, 2.45) is 5.92 Å². The Morgan fingerprint density at radius 2 is 2.00 bits per heavy atom. The van der Waals surface area contributed by atoms with Crippen LogP contribution in [-0.2, 0) is 17.9 Å². The number of carbonyl (C=O) groups is 1. The van der Waals surface area contributed by atoms with E-state index in [4.69, 9.17) is 11.6 Å². The van der Waals surface area contributed by atoms with Gasteiger partial charge in [0.1, 0.15) is 11.7 Å². The molecule has 0 bridgehead atoms. The lowest BCUT2D eigenvalue weighted by atomic mass is 10.1. The predicted octanol–water partition coefficient (Wildman–Crippen LogP) is 2.46. The molecule has 0 aliphatic heterocycles. The zero-order valence-electron chi connectivity index (χ0n) is 15.4. The van der Waals surface area contributed by atoms with Crippen LogP contribution in [0.3, 0.4) is 0 Å². The molecule has 0 atom stereocenters. The first-order valence-corrected chi connectivity index (χ1v) is 9.24. The van der Waals surface area contributed by atoms with E-state index in [0.29, 0.717) is 48.0 Å². The standard InChI is InChI=1S/C19H22ClN5O2/c1-13(2)9-17(26)21-7-8-25-18-16(10-23-25)19(27)24(12-22-18)11-14-3-5-15(20)6-4-14/h3-6,10,12-13H,7-9,11H2,1-2H3,(H,21,26). The van der Waals surface area contributed by atoms with Crippen molar-refractivity contribution in [3.05, 3.63) is 57.7 Å². The third-order valence-electron chi connectivity index (χ3n) is 4.13. The number of fused-ring (bicyclic) bond motifs is 1. The molecule has 0 aliphatic rings. The highest BCUT2D eigenvalue weighted by molar-refractivity contribution is 6.30. The van der Waals surface area contributed by atoms with Crippen LogP contribution in [0.1, 0.15) is 25.8 Å². The van der Waals surface area contributed by atoms with Gasteiger partial charge in [0.05, 0.1) is 19.3 Å². The van der Waals surface area contributed by atoms with E-state index in [1.54, 1.807) is 21.4 Å². The predicted molar refractivity (Wildman–Crippen MR) is 105 cm³/mol. The molecule has 3 aromatic rings. The summed E-state index contributed by atoms with van der Waals surface area (Å²) >= 11 is 5.89. The summed E-state index contributed by atoms with van der Waals surface area (Å²) in [6.45, 7) is 5.31. The van der Waals surface area contributed by atoms with Gasteiger partial charge in [-0.15, -0.1) is 0 Å². The van der Waals surface area contributed by atoms with Crippen molar-refractivity contribution < 1.29 is 4.79 Å². The number of carbonyl (C=O) groups excluding carboxylic acids is 1. The molecule has 2 heterocycles. The molecule has 0 fully saturated rings. The van der Waals surface area contributed by atoms with Crippen molar-refractivity contribution in [3.8, 4) is 0 Å². The van der Waals surface area contributed by atoms with Crippen LogP contribution < -0.4 is 10.9 Å². The number of halogens is 1. The molecule has 0 aliphatic carbocycles. The van der Waals surface area contributed by atoms with E-state index >= 15 is 0 Å². The van der Waals surface area contributed by atoms with Gasteiger partial charge in [-0.2, -0.15) is 5.10 Å². The first-order chi connectivity index (χ1) is 12.9. The lowest BCUT2D eigenvalue weighted by molar-refractivity contribution is -0.121. The second kappa shape index (κ2) is 8.35. The van der Waals surface area contributed by atoms with E-state index in [2.05, 4.69) is 15.4 Å². The van der Waals surface area contributed by atoms with Crippen molar-refractivity contribution >= 4 is 28.5 Å². The van der Waals surface area contributed by atoms with Crippen LogP contribution in [0.4, 0.5) is 0 Å². The molecule has 1 amide bonds. The van der Waals surface area contributed by atoms with Gasteiger partial charge in [0.25, 0.3) is 5.56 Å². The number of aromatic nitrogens is 4. The number of nitrogens with one attached hydrogen (secondary N) is 1. The van der Waals surface area contributed by atoms with Gasteiger partial charge < -0.3 is 5.32 Å². The quantitative estimate of drug-likeness (QED) is 0.675. The van der Waals surface area contributed by atoms with Crippen molar-refractivity contribution in [1.82, 2.24) is 24.6 Å². The zero-order chi connectivity index (χ0) is 19.4. The second-order valence-electron chi connectivity index (χ2n) is 6.86. The van der Waals surface area contributed by atoms with E-state index < -0.39 is 0 Å². The lowest BCUT2D eigenvalue weighted by Gasteiger charge is -2.08. The first-order valence-electron chi connectivity index (χ1n) is 8.86. The molecule has 8 heteroatoms. The fourth-order valence-corrected chi connectivity index (χ4v) is 2.93. The number of nitrogens with zero attached hydrogens (tertiary/aromatic N) is 4. The summed E-state index contributed by atoms with van der Waals surface area (Å²) in [5.41, 5.74) is 1.33. The van der Waals surface area contributed by atoms with Crippen molar-refractivity contribution in [2.45, 2.75) is 33.4 Å². The molecule has 0 spiro atoms.